The second-order valence-corrected chi connectivity index (χ2v) is 7.48. The molecule has 2 fully saturated rings. The van der Waals surface area contributed by atoms with Gasteiger partial charge in [0, 0.05) is 6.04 Å². The van der Waals surface area contributed by atoms with Crippen molar-refractivity contribution in [1.29, 1.82) is 0 Å². The summed E-state index contributed by atoms with van der Waals surface area (Å²) in [6, 6.07) is 12.5. The number of fused-ring (bicyclic) bond motifs is 1. The molecule has 0 unspecified atom stereocenters. The molecule has 25 heavy (non-hydrogen) atoms. The van der Waals surface area contributed by atoms with E-state index in [1.165, 1.54) is 15.2 Å². The second kappa shape index (κ2) is 7.02. The lowest BCUT2D eigenvalue weighted by Crippen LogP contribution is -3.28. The van der Waals surface area contributed by atoms with Crippen LogP contribution in [0.15, 0.2) is 36.4 Å². The van der Waals surface area contributed by atoms with Gasteiger partial charge in [0.15, 0.2) is 6.54 Å². The molecule has 0 radical (unpaired) electrons. The minimum atomic E-state index is 0.202. The van der Waals surface area contributed by atoms with E-state index in [-0.39, 0.29) is 5.91 Å². The van der Waals surface area contributed by atoms with Gasteiger partial charge in [-0.2, -0.15) is 0 Å². The van der Waals surface area contributed by atoms with Crippen molar-refractivity contribution in [3.63, 3.8) is 0 Å². The zero-order valence-corrected chi connectivity index (χ0v) is 14.6. The number of hydrogen-bond donors (Lipinski definition) is 4. The third-order valence-corrected chi connectivity index (χ3v) is 5.46. The fraction of sp³-hybridized carbons (Fsp3) is 0.450. The van der Waals surface area contributed by atoms with E-state index in [9.17, 15) is 9.90 Å². The van der Waals surface area contributed by atoms with Crippen molar-refractivity contribution in [2.24, 2.45) is 0 Å². The third kappa shape index (κ3) is 3.94. The molecule has 0 spiro atoms. The Morgan fingerprint density at radius 1 is 1.04 bits per heavy atom. The fourth-order valence-electron chi connectivity index (χ4n) is 3.80. The van der Waals surface area contributed by atoms with Gasteiger partial charge >= 0.3 is 0 Å². The quantitative estimate of drug-likeness (QED) is 0.570. The monoisotopic (exact) mass is 341 g/mol. The number of nitrogens with one attached hydrogen (secondary N) is 3. The summed E-state index contributed by atoms with van der Waals surface area (Å²) in [4.78, 5) is 14.8. The van der Waals surface area contributed by atoms with Crippen molar-refractivity contribution in [3.05, 3.63) is 42.0 Å². The van der Waals surface area contributed by atoms with E-state index < -0.39 is 0 Å². The van der Waals surface area contributed by atoms with Gasteiger partial charge in [0.1, 0.15) is 38.5 Å². The fourth-order valence-corrected chi connectivity index (χ4v) is 3.80. The number of quaternary nitrogens is 2. The maximum Gasteiger partial charge on any atom is 0.275 e. The molecule has 132 valence electrons. The van der Waals surface area contributed by atoms with Gasteiger partial charge in [0.2, 0.25) is 0 Å². The lowest BCUT2D eigenvalue weighted by Gasteiger charge is -2.29. The van der Waals surface area contributed by atoms with Crippen molar-refractivity contribution in [2.45, 2.75) is 25.4 Å². The smallest absolute Gasteiger partial charge is 0.275 e. The molecular weight excluding hydrogens is 314 g/mol. The first-order valence-electron chi connectivity index (χ1n) is 9.35. The highest BCUT2D eigenvalue weighted by Gasteiger charge is 2.28. The van der Waals surface area contributed by atoms with Crippen LogP contribution in [0.25, 0.3) is 10.8 Å². The van der Waals surface area contributed by atoms with Gasteiger partial charge < -0.3 is 20.2 Å². The standard InChI is InChI=1S/C20H25N3O2/c24-19-8-5-15-3-1-2-4-17(15)18(19)13-22-9-11-23(12-10-22)14-20(25)21-16-6-7-16/h1-5,8,16,24H,6-7,9-14H2,(H,21,25)/p+2. The topological polar surface area (TPSA) is 58.2 Å². The van der Waals surface area contributed by atoms with Crippen LogP contribution in [-0.2, 0) is 11.3 Å². The molecule has 2 aromatic carbocycles. The Balaban J connectivity index is 1.35. The van der Waals surface area contributed by atoms with Crippen LogP contribution >= 0.6 is 0 Å². The highest BCUT2D eigenvalue weighted by Crippen LogP contribution is 2.26. The molecular formula is C20H27N3O2+2. The molecule has 1 aliphatic carbocycles. The van der Waals surface area contributed by atoms with Gasteiger partial charge in [-0.05, 0) is 29.7 Å². The molecule has 4 rings (SSSR count). The third-order valence-electron chi connectivity index (χ3n) is 5.46. The maximum absolute atomic E-state index is 12.0. The molecule has 4 N–H and O–H groups in total. The van der Waals surface area contributed by atoms with Gasteiger partial charge in [-0.15, -0.1) is 0 Å². The Morgan fingerprint density at radius 2 is 1.76 bits per heavy atom. The molecule has 2 aromatic rings. The summed E-state index contributed by atoms with van der Waals surface area (Å²) in [7, 11) is 0. The number of phenols is 1. The Hall–Kier alpha value is -2.11. The average Bonchev–Trinajstić information content (AvgIpc) is 3.43. The van der Waals surface area contributed by atoms with Crippen LogP contribution in [0.3, 0.4) is 0 Å². The number of benzene rings is 2. The summed E-state index contributed by atoms with van der Waals surface area (Å²) in [6.07, 6.45) is 2.29. The SMILES string of the molecule is O=C(C[NH+]1CC[NH+](Cc2c(O)ccc3ccccc23)CC1)NC1CC1. The van der Waals surface area contributed by atoms with Gasteiger partial charge in [0.05, 0.1) is 5.56 Å². The van der Waals surface area contributed by atoms with E-state index in [2.05, 4.69) is 17.4 Å². The normalized spacial score (nSPS) is 23.5. The Bertz CT molecular complexity index is 765. The Morgan fingerprint density at radius 3 is 2.52 bits per heavy atom. The van der Waals surface area contributed by atoms with Crippen molar-refractivity contribution in [3.8, 4) is 5.75 Å². The number of carbonyl (C=O) groups excluding carboxylic acids is 1. The molecule has 1 heterocycles. The van der Waals surface area contributed by atoms with E-state index in [1.54, 1.807) is 6.07 Å². The first kappa shape index (κ1) is 16.4. The van der Waals surface area contributed by atoms with Crippen LogP contribution in [0, 0.1) is 0 Å². The summed E-state index contributed by atoms with van der Waals surface area (Å²) < 4.78 is 0. The van der Waals surface area contributed by atoms with Gasteiger partial charge in [-0.1, -0.05) is 30.3 Å². The predicted octanol–water partition coefficient (Wildman–Crippen LogP) is -0.893. The van der Waals surface area contributed by atoms with Crippen LogP contribution in [0.2, 0.25) is 0 Å². The van der Waals surface area contributed by atoms with Crippen molar-refractivity contribution >= 4 is 16.7 Å². The van der Waals surface area contributed by atoms with E-state index >= 15 is 0 Å². The number of amides is 1. The lowest BCUT2D eigenvalue weighted by atomic mass is 10.0. The highest BCUT2D eigenvalue weighted by molar-refractivity contribution is 5.87. The molecule has 0 bridgehead atoms. The summed E-state index contributed by atoms with van der Waals surface area (Å²) in [5, 5.41) is 15.7. The highest BCUT2D eigenvalue weighted by atomic mass is 16.3. The number of phenolic OH excluding ortho intramolecular Hbond substituents is 1. The van der Waals surface area contributed by atoms with Crippen LogP contribution in [-0.4, -0.2) is 49.8 Å². The molecule has 1 saturated heterocycles. The minimum Gasteiger partial charge on any atom is -0.507 e. The predicted molar refractivity (Wildman–Crippen MR) is 96.7 cm³/mol. The molecule has 1 aliphatic heterocycles. The zero-order chi connectivity index (χ0) is 17.2. The van der Waals surface area contributed by atoms with Crippen LogP contribution in [0.1, 0.15) is 18.4 Å². The van der Waals surface area contributed by atoms with Crippen molar-refractivity contribution < 1.29 is 19.7 Å². The van der Waals surface area contributed by atoms with Crippen LogP contribution < -0.4 is 15.1 Å². The van der Waals surface area contributed by atoms with Crippen molar-refractivity contribution in [1.82, 2.24) is 5.32 Å². The molecule has 1 saturated carbocycles. The number of aromatic hydroxyl groups is 1. The summed E-state index contributed by atoms with van der Waals surface area (Å²) in [5.41, 5.74) is 1.04. The summed E-state index contributed by atoms with van der Waals surface area (Å²) in [5.74, 6) is 0.595. The number of rotatable bonds is 5. The molecule has 1 amide bonds. The molecule has 2 aliphatic rings. The largest absolute Gasteiger partial charge is 0.507 e. The van der Waals surface area contributed by atoms with Gasteiger partial charge in [-0.3, -0.25) is 4.79 Å². The molecule has 0 atom stereocenters. The van der Waals surface area contributed by atoms with Crippen LogP contribution in [0.5, 0.6) is 5.75 Å². The number of piperazine rings is 1. The van der Waals surface area contributed by atoms with Gasteiger partial charge in [0.25, 0.3) is 5.91 Å². The lowest BCUT2D eigenvalue weighted by molar-refractivity contribution is -1.02. The Kier molecular flexibility index (Phi) is 4.59. The average molecular weight is 341 g/mol. The molecule has 5 heteroatoms. The van der Waals surface area contributed by atoms with E-state index in [0.717, 1.165) is 56.5 Å². The maximum atomic E-state index is 12.0. The van der Waals surface area contributed by atoms with E-state index in [4.69, 9.17) is 0 Å². The summed E-state index contributed by atoms with van der Waals surface area (Å²) in [6.45, 7) is 5.54. The Labute approximate surface area is 148 Å². The van der Waals surface area contributed by atoms with Crippen LogP contribution in [0.4, 0.5) is 0 Å². The first-order chi connectivity index (χ1) is 12.2. The zero-order valence-electron chi connectivity index (χ0n) is 14.6. The number of hydrogen-bond acceptors (Lipinski definition) is 2. The first-order valence-corrected chi connectivity index (χ1v) is 9.35. The minimum absolute atomic E-state index is 0.202. The van der Waals surface area contributed by atoms with Crippen molar-refractivity contribution in [2.75, 3.05) is 32.7 Å². The molecule has 5 nitrogen and oxygen atoms in total. The van der Waals surface area contributed by atoms with Gasteiger partial charge in [-0.25, -0.2) is 0 Å². The van der Waals surface area contributed by atoms with E-state index in [0.29, 0.717) is 18.3 Å². The summed E-state index contributed by atoms with van der Waals surface area (Å²) >= 11 is 0. The second-order valence-electron chi connectivity index (χ2n) is 7.48. The number of carbonyl (C=O) groups is 1. The molecule has 0 aromatic heterocycles. The van der Waals surface area contributed by atoms with E-state index in [1.807, 2.05) is 18.2 Å².